The van der Waals surface area contributed by atoms with Gasteiger partial charge in [0.25, 0.3) is 5.91 Å². The van der Waals surface area contributed by atoms with E-state index in [1.54, 1.807) is 14.1 Å². The Morgan fingerprint density at radius 3 is 2.42 bits per heavy atom. The predicted octanol–water partition coefficient (Wildman–Crippen LogP) is 2.29. The molecule has 2 amide bonds. The molecule has 0 aromatic carbocycles. The fourth-order valence-corrected chi connectivity index (χ4v) is 2.66. The number of nitrogens with one attached hydrogen (secondary N) is 1. The van der Waals surface area contributed by atoms with Gasteiger partial charge in [-0.2, -0.15) is 0 Å². The number of carbonyl (C=O) groups is 2. The molecule has 0 radical (unpaired) electrons. The van der Waals surface area contributed by atoms with Crippen LogP contribution in [0.15, 0.2) is 11.4 Å². The van der Waals surface area contributed by atoms with Gasteiger partial charge < -0.3 is 10.2 Å². The number of amides is 2. The number of hydrogen-bond acceptors (Lipinski definition) is 3. The van der Waals surface area contributed by atoms with Crippen LogP contribution in [0.25, 0.3) is 0 Å². The zero-order valence-corrected chi connectivity index (χ0v) is 13.0. The number of nitrogens with zero attached hydrogens (tertiary/aromatic N) is 1. The second-order valence-electron chi connectivity index (χ2n) is 5.32. The lowest BCUT2D eigenvalue weighted by atomic mass is 10.0. The molecule has 0 bridgehead atoms. The molecule has 1 aromatic rings. The van der Waals surface area contributed by atoms with Crippen LogP contribution in [0.3, 0.4) is 0 Å². The van der Waals surface area contributed by atoms with Gasteiger partial charge in [0.05, 0.1) is 4.88 Å². The van der Waals surface area contributed by atoms with Crippen molar-refractivity contribution in [3.8, 4) is 0 Å². The van der Waals surface area contributed by atoms with E-state index >= 15 is 0 Å². The molecule has 0 saturated heterocycles. The molecule has 1 aromatic heterocycles. The molecule has 0 saturated carbocycles. The summed E-state index contributed by atoms with van der Waals surface area (Å²) in [6.45, 7) is 5.98. The molecular weight excluding hydrogens is 260 g/mol. The van der Waals surface area contributed by atoms with Crippen LogP contribution in [0.2, 0.25) is 0 Å². The van der Waals surface area contributed by atoms with Gasteiger partial charge in [0.1, 0.15) is 6.04 Å². The summed E-state index contributed by atoms with van der Waals surface area (Å²) in [5, 5.41) is 4.74. The van der Waals surface area contributed by atoms with Crippen LogP contribution in [0.5, 0.6) is 0 Å². The number of hydrogen-bond donors (Lipinski definition) is 1. The van der Waals surface area contributed by atoms with E-state index in [9.17, 15) is 9.59 Å². The van der Waals surface area contributed by atoms with Gasteiger partial charge in [-0.3, -0.25) is 9.59 Å². The molecule has 19 heavy (non-hydrogen) atoms. The van der Waals surface area contributed by atoms with Crippen LogP contribution in [0.1, 0.15) is 35.5 Å². The third-order valence-electron chi connectivity index (χ3n) is 2.82. The largest absolute Gasteiger partial charge is 0.347 e. The summed E-state index contributed by atoms with van der Waals surface area (Å²) in [7, 11) is 3.41. The summed E-state index contributed by atoms with van der Waals surface area (Å²) < 4.78 is 0. The van der Waals surface area contributed by atoms with Gasteiger partial charge in [0.2, 0.25) is 5.91 Å². The smallest absolute Gasteiger partial charge is 0.262 e. The second kappa shape index (κ2) is 6.70. The first-order valence-corrected chi connectivity index (χ1v) is 7.27. The Hall–Kier alpha value is -1.36. The lowest BCUT2D eigenvalue weighted by Crippen LogP contribution is -2.46. The summed E-state index contributed by atoms with van der Waals surface area (Å²) in [6, 6.07) is 1.45. The van der Waals surface area contributed by atoms with Crippen LogP contribution in [-0.4, -0.2) is 36.9 Å². The van der Waals surface area contributed by atoms with E-state index in [0.29, 0.717) is 17.2 Å². The maximum Gasteiger partial charge on any atom is 0.262 e. The third-order valence-corrected chi connectivity index (χ3v) is 3.83. The molecule has 0 aliphatic heterocycles. The van der Waals surface area contributed by atoms with Crippen LogP contribution < -0.4 is 5.32 Å². The van der Waals surface area contributed by atoms with Crippen molar-refractivity contribution in [3.05, 3.63) is 21.9 Å². The van der Waals surface area contributed by atoms with E-state index in [2.05, 4.69) is 5.32 Å². The first-order valence-electron chi connectivity index (χ1n) is 6.39. The van der Waals surface area contributed by atoms with Crippen LogP contribution >= 0.6 is 11.3 Å². The highest BCUT2D eigenvalue weighted by Crippen LogP contribution is 2.16. The molecule has 0 spiro atoms. The zero-order valence-electron chi connectivity index (χ0n) is 12.2. The standard InChI is InChI=1S/C14H22N2O2S/c1-9(2)8-11(14(18)16(4)5)15-13(17)12-10(3)6-7-19-12/h6-7,9,11H,8H2,1-5H3,(H,15,17). The monoisotopic (exact) mass is 282 g/mol. The quantitative estimate of drug-likeness (QED) is 0.901. The first-order chi connectivity index (χ1) is 8.82. The van der Waals surface area contributed by atoms with Gasteiger partial charge >= 0.3 is 0 Å². The first kappa shape index (κ1) is 15.7. The van der Waals surface area contributed by atoms with Gasteiger partial charge in [-0.25, -0.2) is 0 Å². The second-order valence-corrected chi connectivity index (χ2v) is 6.24. The molecule has 1 atom stereocenters. The number of likely N-dealkylation sites (N-methyl/N-ethyl adjacent to an activating group) is 1. The molecule has 106 valence electrons. The Morgan fingerprint density at radius 1 is 1.37 bits per heavy atom. The van der Waals surface area contributed by atoms with Crippen LogP contribution in [0, 0.1) is 12.8 Å². The van der Waals surface area contributed by atoms with E-state index in [1.807, 2.05) is 32.2 Å². The normalized spacial score (nSPS) is 12.3. The number of thiophene rings is 1. The van der Waals surface area contributed by atoms with E-state index in [-0.39, 0.29) is 11.8 Å². The molecule has 0 aliphatic carbocycles. The third kappa shape index (κ3) is 4.35. The molecule has 5 heteroatoms. The topological polar surface area (TPSA) is 49.4 Å². The Kier molecular flexibility index (Phi) is 5.54. The van der Waals surface area contributed by atoms with Crippen molar-refractivity contribution in [2.75, 3.05) is 14.1 Å². The number of aryl methyl sites for hydroxylation is 1. The Morgan fingerprint density at radius 2 is 2.00 bits per heavy atom. The minimum absolute atomic E-state index is 0.0590. The lowest BCUT2D eigenvalue weighted by Gasteiger charge is -2.23. The van der Waals surface area contributed by atoms with Crippen molar-refractivity contribution < 1.29 is 9.59 Å². The molecule has 1 rings (SSSR count). The van der Waals surface area contributed by atoms with E-state index in [4.69, 9.17) is 0 Å². The highest BCUT2D eigenvalue weighted by atomic mass is 32.1. The van der Waals surface area contributed by atoms with Gasteiger partial charge in [-0.1, -0.05) is 13.8 Å². The maximum atomic E-state index is 12.2. The van der Waals surface area contributed by atoms with Gasteiger partial charge in [-0.05, 0) is 36.3 Å². The van der Waals surface area contributed by atoms with Gasteiger partial charge in [0, 0.05) is 14.1 Å². The molecule has 1 unspecified atom stereocenters. The van der Waals surface area contributed by atoms with Crippen LogP contribution in [-0.2, 0) is 4.79 Å². The van der Waals surface area contributed by atoms with Crippen molar-refractivity contribution >= 4 is 23.2 Å². The average molecular weight is 282 g/mol. The van der Waals surface area contributed by atoms with Crippen molar-refractivity contribution in [2.24, 2.45) is 5.92 Å². The fraction of sp³-hybridized carbons (Fsp3) is 0.571. The minimum atomic E-state index is -0.455. The minimum Gasteiger partial charge on any atom is -0.347 e. The summed E-state index contributed by atoms with van der Waals surface area (Å²) in [5.74, 6) is 0.128. The Labute approximate surface area is 118 Å². The molecule has 1 heterocycles. The van der Waals surface area contributed by atoms with Crippen LogP contribution in [0.4, 0.5) is 0 Å². The van der Waals surface area contributed by atoms with E-state index in [1.165, 1.54) is 16.2 Å². The highest BCUT2D eigenvalue weighted by Gasteiger charge is 2.24. The van der Waals surface area contributed by atoms with Crippen molar-refractivity contribution in [2.45, 2.75) is 33.2 Å². The van der Waals surface area contributed by atoms with Crippen molar-refractivity contribution in [3.63, 3.8) is 0 Å². The van der Waals surface area contributed by atoms with Crippen molar-refractivity contribution in [1.29, 1.82) is 0 Å². The summed E-state index contributed by atoms with van der Waals surface area (Å²) in [5.41, 5.74) is 0.947. The lowest BCUT2D eigenvalue weighted by molar-refractivity contribution is -0.131. The van der Waals surface area contributed by atoms with Gasteiger partial charge in [-0.15, -0.1) is 11.3 Å². The SMILES string of the molecule is Cc1ccsc1C(=O)NC(CC(C)C)C(=O)N(C)C. The number of carbonyl (C=O) groups excluding carboxylic acids is 2. The summed E-state index contributed by atoms with van der Waals surface area (Å²) in [6.07, 6.45) is 0.646. The Balaban J connectivity index is 2.80. The fourth-order valence-electron chi connectivity index (χ4n) is 1.83. The molecular formula is C14H22N2O2S. The van der Waals surface area contributed by atoms with Gasteiger partial charge in [0.15, 0.2) is 0 Å². The summed E-state index contributed by atoms with van der Waals surface area (Å²) >= 11 is 1.40. The summed E-state index contributed by atoms with van der Waals surface area (Å²) in [4.78, 5) is 26.5. The number of rotatable bonds is 5. The predicted molar refractivity (Wildman–Crippen MR) is 78.5 cm³/mol. The van der Waals surface area contributed by atoms with Crippen molar-refractivity contribution in [1.82, 2.24) is 10.2 Å². The average Bonchev–Trinajstić information content (AvgIpc) is 2.72. The molecule has 0 fully saturated rings. The maximum absolute atomic E-state index is 12.2. The molecule has 4 nitrogen and oxygen atoms in total. The molecule has 1 N–H and O–H groups in total. The van der Waals surface area contributed by atoms with E-state index < -0.39 is 6.04 Å². The highest BCUT2D eigenvalue weighted by molar-refractivity contribution is 7.12. The Bertz CT molecular complexity index is 452. The van der Waals surface area contributed by atoms with E-state index in [0.717, 1.165) is 5.56 Å². The zero-order chi connectivity index (χ0) is 14.6. The molecule has 0 aliphatic rings.